The standard InChI is InChI=1S/C9H9N3O2/c1-9(11,6-10)7-3-2-4-8(5-7)12(13)14/h2-5H,11H2,1H3. The van der Waals surface area contributed by atoms with Gasteiger partial charge in [0, 0.05) is 12.1 Å². The highest BCUT2D eigenvalue weighted by atomic mass is 16.6. The molecule has 1 aromatic carbocycles. The number of hydrogen-bond acceptors (Lipinski definition) is 4. The predicted octanol–water partition coefficient (Wildman–Crippen LogP) is 1.29. The molecule has 14 heavy (non-hydrogen) atoms. The summed E-state index contributed by atoms with van der Waals surface area (Å²) in [5, 5.41) is 19.2. The van der Waals surface area contributed by atoms with Gasteiger partial charge in [-0.15, -0.1) is 0 Å². The summed E-state index contributed by atoms with van der Waals surface area (Å²) in [7, 11) is 0. The van der Waals surface area contributed by atoms with E-state index in [-0.39, 0.29) is 5.69 Å². The number of hydrogen-bond donors (Lipinski definition) is 1. The molecule has 0 saturated carbocycles. The molecule has 5 nitrogen and oxygen atoms in total. The molecule has 2 N–H and O–H groups in total. The van der Waals surface area contributed by atoms with Gasteiger partial charge in [-0.1, -0.05) is 12.1 Å². The molecular weight excluding hydrogens is 182 g/mol. The summed E-state index contributed by atoms with van der Waals surface area (Å²) in [6, 6.07) is 7.65. The first-order chi connectivity index (χ1) is 6.47. The third-order valence-electron chi connectivity index (χ3n) is 1.89. The van der Waals surface area contributed by atoms with E-state index in [1.807, 2.05) is 6.07 Å². The second-order valence-corrected chi connectivity index (χ2v) is 3.12. The second-order valence-electron chi connectivity index (χ2n) is 3.12. The molecule has 72 valence electrons. The summed E-state index contributed by atoms with van der Waals surface area (Å²) in [5.74, 6) is 0. The number of nitriles is 1. The fourth-order valence-corrected chi connectivity index (χ4v) is 1.01. The van der Waals surface area contributed by atoms with E-state index in [9.17, 15) is 10.1 Å². The smallest absolute Gasteiger partial charge is 0.269 e. The van der Waals surface area contributed by atoms with Crippen LogP contribution < -0.4 is 5.73 Å². The first-order valence-electron chi connectivity index (χ1n) is 3.92. The minimum atomic E-state index is -1.19. The summed E-state index contributed by atoms with van der Waals surface area (Å²) in [6.45, 7) is 1.51. The lowest BCUT2D eigenvalue weighted by Gasteiger charge is -2.14. The van der Waals surface area contributed by atoms with Crippen molar-refractivity contribution in [3.63, 3.8) is 0 Å². The molecule has 5 heteroatoms. The van der Waals surface area contributed by atoms with Crippen LogP contribution in [0.2, 0.25) is 0 Å². The highest BCUT2D eigenvalue weighted by Gasteiger charge is 2.22. The zero-order valence-corrected chi connectivity index (χ0v) is 7.60. The van der Waals surface area contributed by atoms with E-state index in [2.05, 4.69) is 0 Å². The van der Waals surface area contributed by atoms with E-state index in [1.54, 1.807) is 6.07 Å². The van der Waals surface area contributed by atoms with Gasteiger partial charge in [-0.2, -0.15) is 5.26 Å². The van der Waals surface area contributed by atoms with E-state index >= 15 is 0 Å². The Bertz CT molecular complexity index is 407. The average molecular weight is 191 g/mol. The number of nitro benzene ring substituents is 1. The first-order valence-corrected chi connectivity index (χ1v) is 3.92. The topological polar surface area (TPSA) is 93.0 Å². The van der Waals surface area contributed by atoms with E-state index in [1.165, 1.54) is 25.1 Å². The largest absolute Gasteiger partial charge is 0.310 e. The van der Waals surface area contributed by atoms with Crippen LogP contribution in [-0.2, 0) is 5.54 Å². The van der Waals surface area contributed by atoms with Crippen LogP contribution >= 0.6 is 0 Å². The van der Waals surface area contributed by atoms with E-state index in [4.69, 9.17) is 11.0 Å². The fraction of sp³-hybridized carbons (Fsp3) is 0.222. The van der Waals surface area contributed by atoms with Crippen molar-refractivity contribution < 1.29 is 4.92 Å². The Morgan fingerprint density at radius 2 is 2.29 bits per heavy atom. The fourth-order valence-electron chi connectivity index (χ4n) is 1.01. The number of nitrogens with two attached hydrogens (primary N) is 1. The molecule has 0 heterocycles. The van der Waals surface area contributed by atoms with Gasteiger partial charge < -0.3 is 5.73 Å². The van der Waals surface area contributed by atoms with Crippen molar-refractivity contribution in [3.05, 3.63) is 39.9 Å². The molecule has 0 aromatic heterocycles. The van der Waals surface area contributed by atoms with Crippen LogP contribution in [0.3, 0.4) is 0 Å². The van der Waals surface area contributed by atoms with Gasteiger partial charge in [0.05, 0.1) is 11.0 Å². The van der Waals surface area contributed by atoms with Crippen LogP contribution in [0.1, 0.15) is 12.5 Å². The zero-order chi connectivity index (χ0) is 10.8. The van der Waals surface area contributed by atoms with Gasteiger partial charge in [0.1, 0.15) is 5.54 Å². The highest BCUT2D eigenvalue weighted by Crippen LogP contribution is 2.21. The summed E-state index contributed by atoms with van der Waals surface area (Å²) in [5.41, 5.74) is 4.81. The van der Waals surface area contributed by atoms with Crippen molar-refractivity contribution in [2.75, 3.05) is 0 Å². The lowest BCUT2D eigenvalue weighted by atomic mass is 9.95. The van der Waals surface area contributed by atoms with E-state index in [0.717, 1.165) is 0 Å². The predicted molar refractivity (Wildman–Crippen MR) is 50.2 cm³/mol. The molecular formula is C9H9N3O2. The van der Waals surface area contributed by atoms with Crippen molar-refractivity contribution in [3.8, 4) is 6.07 Å². The maximum Gasteiger partial charge on any atom is 0.269 e. The van der Waals surface area contributed by atoms with Crippen molar-refractivity contribution in [2.45, 2.75) is 12.5 Å². The Hall–Kier alpha value is -1.93. The SMILES string of the molecule is CC(N)(C#N)c1cccc([N+](=O)[O-])c1. The first kappa shape index (κ1) is 10.2. The van der Waals surface area contributed by atoms with E-state index in [0.29, 0.717) is 5.56 Å². The summed E-state index contributed by atoms with van der Waals surface area (Å²) < 4.78 is 0. The zero-order valence-electron chi connectivity index (χ0n) is 7.60. The molecule has 0 amide bonds. The van der Waals surface area contributed by atoms with Crippen molar-refractivity contribution in [1.29, 1.82) is 5.26 Å². The molecule has 0 spiro atoms. The van der Waals surface area contributed by atoms with E-state index < -0.39 is 10.5 Å². The highest BCUT2D eigenvalue weighted by molar-refractivity contribution is 5.39. The number of nitrogens with zero attached hydrogens (tertiary/aromatic N) is 2. The van der Waals surface area contributed by atoms with Crippen LogP contribution in [0, 0.1) is 21.4 Å². The minimum absolute atomic E-state index is 0.0607. The van der Waals surface area contributed by atoms with Gasteiger partial charge in [-0.3, -0.25) is 10.1 Å². The van der Waals surface area contributed by atoms with Gasteiger partial charge in [0.2, 0.25) is 0 Å². The molecule has 1 unspecified atom stereocenters. The molecule has 0 aliphatic carbocycles. The number of nitro groups is 1. The lowest BCUT2D eigenvalue weighted by molar-refractivity contribution is -0.384. The molecule has 0 aliphatic heterocycles. The number of rotatable bonds is 2. The molecule has 1 aromatic rings. The molecule has 0 aliphatic rings. The lowest BCUT2D eigenvalue weighted by Crippen LogP contribution is -2.30. The number of non-ortho nitro benzene ring substituents is 1. The van der Waals surface area contributed by atoms with Crippen LogP contribution in [0.15, 0.2) is 24.3 Å². The monoisotopic (exact) mass is 191 g/mol. The van der Waals surface area contributed by atoms with Gasteiger partial charge >= 0.3 is 0 Å². The number of benzene rings is 1. The van der Waals surface area contributed by atoms with Crippen molar-refractivity contribution in [2.24, 2.45) is 5.73 Å². The molecule has 0 saturated heterocycles. The maximum absolute atomic E-state index is 10.5. The van der Waals surface area contributed by atoms with Crippen molar-refractivity contribution in [1.82, 2.24) is 0 Å². The third-order valence-corrected chi connectivity index (χ3v) is 1.89. The van der Waals surface area contributed by atoms with Crippen LogP contribution in [-0.4, -0.2) is 4.92 Å². The van der Waals surface area contributed by atoms with Gasteiger partial charge in [0.15, 0.2) is 0 Å². The summed E-state index contributed by atoms with van der Waals surface area (Å²) in [4.78, 5) is 9.93. The molecule has 0 radical (unpaired) electrons. The molecule has 1 rings (SSSR count). The Morgan fingerprint density at radius 1 is 1.64 bits per heavy atom. The second kappa shape index (κ2) is 3.44. The Balaban J connectivity index is 3.20. The third kappa shape index (κ3) is 1.87. The van der Waals surface area contributed by atoms with Crippen LogP contribution in [0.25, 0.3) is 0 Å². The quantitative estimate of drug-likeness (QED) is 0.563. The Kier molecular flexibility index (Phi) is 2.49. The minimum Gasteiger partial charge on any atom is -0.310 e. The maximum atomic E-state index is 10.5. The average Bonchev–Trinajstić information content (AvgIpc) is 2.18. The Morgan fingerprint density at radius 3 is 2.79 bits per heavy atom. The Labute approximate surface area is 80.9 Å². The van der Waals surface area contributed by atoms with Crippen molar-refractivity contribution >= 4 is 5.69 Å². The summed E-state index contributed by atoms with van der Waals surface area (Å²) in [6.07, 6.45) is 0. The molecule has 1 atom stereocenters. The van der Waals surface area contributed by atoms with Gasteiger partial charge in [0.25, 0.3) is 5.69 Å². The van der Waals surface area contributed by atoms with Crippen LogP contribution in [0.5, 0.6) is 0 Å². The van der Waals surface area contributed by atoms with Gasteiger partial charge in [-0.05, 0) is 12.5 Å². The van der Waals surface area contributed by atoms with Gasteiger partial charge in [-0.25, -0.2) is 0 Å². The summed E-state index contributed by atoms with van der Waals surface area (Å²) >= 11 is 0. The molecule has 0 fully saturated rings. The molecule has 0 bridgehead atoms. The van der Waals surface area contributed by atoms with Crippen LogP contribution in [0.4, 0.5) is 5.69 Å². The normalized spacial score (nSPS) is 14.1.